The summed E-state index contributed by atoms with van der Waals surface area (Å²) < 4.78 is 11.2. The molecule has 116 valence electrons. The van der Waals surface area contributed by atoms with Gasteiger partial charge in [0.05, 0.1) is 16.4 Å². The fourth-order valence-electron chi connectivity index (χ4n) is 3.39. The number of thiophene rings is 1. The van der Waals surface area contributed by atoms with Crippen LogP contribution >= 0.6 is 11.3 Å². The van der Waals surface area contributed by atoms with Crippen LogP contribution in [0.2, 0.25) is 0 Å². The summed E-state index contributed by atoms with van der Waals surface area (Å²) in [4.78, 5) is 16.5. The van der Waals surface area contributed by atoms with Gasteiger partial charge < -0.3 is 14.1 Å². The first-order chi connectivity index (χ1) is 10.7. The smallest absolute Gasteiger partial charge is 0.263 e. The highest BCUT2D eigenvalue weighted by Gasteiger charge is 2.43. The number of furan rings is 1. The molecule has 4 rings (SSSR count). The average molecular weight is 317 g/mol. The summed E-state index contributed by atoms with van der Waals surface area (Å²) >= 11 is 1.51. The lowest BCUT2D eigenvalue weighted by atomic mass is 9.87. The van der Waals surface area contributed by atoms with Crippen LogP contribution in [0.4, 0.5) is 0 Å². The van der Waals surface area contributed by atoms with Crippen molar-refractivity contribution in [2.75, 3.05) is 26.3 Å². The molecule has 0 saturated carbocycles. The highest BCUT2D eigenvalue weighted by Crippen LogP contribution is 2.39. The summed E-state index contributed by atoms with van der Waals surface area (Å²) in [5.74, 6) is 1.87. The second kappa shape index (κ2) is 5.25. The number of hydrogen-bond donors (Lipinski definition) is 0. The minimum absolute atomic E-state index is 0.142. The van der Waals surface area contributed by atoms with Gasteiger partial charge in [-0.25, -0.2) is 0 Å². The predicted octanol–water partition coefficient (Wildman–Crippen LogP) is 3.57. The van der Waals surface area contributed by atoms with Gasteiger partial charge in [0.15, 0.2) is 0 Å². The van der Waals surface area contributed by atoms with E-state index in [0.29, 0.717) is 0 Å². The van der Waals surface area contributed by atoms with Gasteiger partial charge in [0.1, 0.15) is 11.5 Å². The molecule has 1 spiro atoms. The zero-order valence-electron chi connectivity index (χ0n) is 12.6. The van der Waals surface area contributed by atoms with Gasteiger partial charge >= 0.3 is 0 Å². The minimum Gasteiger partial charge on any atom is -0.461 e. The highest BCUT2D eigenvalue weighted by molar-refractivity contribution is 7.17. The van der Waals surface area contributed by atoms with Crippen LogP contribution in [0, 0.1) is 12.3 Å². The van der Waals surface area contributed by atoms with Gasteiger partial charge in [0.2, 0.25) is 0 Å². The number of ether oxygens (including phenoxy) is 1. The maximum atomic E-state index is 12.7. The number of likely N-dealkylation sites (tertiary alicyclic amines) is 1. The molecule has 2 aromatic heterocycles. The number of aryl methyl sites for hydroxylation is 1. The van der Waals surface area contributed by atoms with Crippen molar-refractivity contribution in [2.45, 2.75) is 19.8 Å². The Morgan fingerprint density at radius 2 is 2.18 bits per heavy atom. The molecule has 2 saturated heterocycles. The molecule has 22 heavy (non-hydrogen) atoms. The third-order valence-corrected chi connectivity index (χ3v) is 5.80. The van der Waals surface area contributed by atoms with E-state index in [2.05, 4.69) is 0 Å². The van der Waals surface area contributed by atoms with E-state index in [9.17, 15) is 4.79 Å². The lowest BCUT2D eigenvalue weighted by Gasteiger charge is -2.21. The second-order valence-electron chi connectivity index (χ2n) is 6.35. The molecule has 1 amide bonds. The number of carbonyl (C=O) groups excluding carboxylic acids is 1. The first-order valence-electron chi connectivity index (χ1n) is 7.69. The molecule has 0 radical (unpaired) electrons. The Labute approximate surface area is 133 Å². The van der Waals surface area contributed by atoms with Crippen LogP contribution in [0.3, 0.4) is 0 Å². The summed E-state index contributed by atoms with van der Waals surface area (Å²) in [7, 11) is 0. The third-order valence-electron chi connectivity index (χ3n) is 4.71. The molecule has 0 unspecified atom stereocenters. The molecule has 1 atom stereocenters. The molecule has 4 nitrogen and oxygen atoms in total. The Balaban J connectivity index is 1.50. The molecule has 0 bridgehead atoms. The van der Waals surface area contributed by atoms with Gasteiger partial charge in [-0.3, -0.25) is 4.79 Å². The Morgan fingerprint density at radius 3 is 2.91 bits per heavy atom. The van der Waals surface area contributed by atoms with Gasteiger partial charge in [0.25, 0.3) is 5.91 Å². The van der Waals surface area contributed by atoms with Crippen molar-refractivity contribution in [3.8, 4) is 10.6 Å². The first kappa shape index (κ1) is 14.0. The fourth-order valence-corrected chi connectivity index (χ4v) is 4.32. The Morgan fingerprint density at radius 1 is 1.27 bits per heavy atom. The van der Waals surface area contributed by atoms with Crippen molar-refractivity contribution in [3.63, 3.8) is 0 Å². The van der Waals surface area contributed by atoms with Crippen LogP contribution < -0.4 is 0 Å². The van der Waals surface area contributed by atoms with Gasteiger partial charge in [-0.15, -0.1) is 11.3 Å². The van der Waals surface area contributed by atoms with E-state index in [1.807, 2.05) is 36.1 Å². The summed E-state index contributed by atoms with van der Waals surface area (Å²) in [6.45, 7) is 5.24. The monoisotopic (exact) mass is 317 g/mol. The van der Waals surface area contributed by atoms with E-state index >= 15 is 0 Å². The molecule has 0 aliphatic carbocycles. The van der Waals surface area contributed by atoms with Crippen molar-refractivity contribution >= 4 is 17.2 Å². The molecular formula is C17H19NO3S. The van der Waals surface area contributed by atoms with Crippen molar-refractivity contribution in [3.05, 3.63) is 34.9 Å². The molecule has 4 heterocycles. The van der Waals surface area contributed by atoms with Crippen molar-refractivity contribution in [1.82, 2.24) is 4.90 Å². The van der Waals surface area contributed by atoms with Crippen LogP contribution in [-0.4, -0.2) is 37.1 Å². The SMILES string of the molecule is Cc1ccc(-c2ccc(C(=O)N3CC[C@]4(CCOC4)C3)s2)o1. The molecular weight excluding hydrogens is 298 g/mol. The Kier molecular flexibility index (Phi) is 3.35. The largest absolute Gasteiger partial charge is 0.461 e. The lowest BCUT2D eigenvalue weighted by Crippen LogP contribution is -2.32. The zero-order chi connectivity index (χ0) is 15.2. The van der Waals surface area contributed by atoms with E-state index in [1.54, 1.807) is 0 Å². The topological polar surface area (TPSA) is 42.7 Å². The Bertz CT molecular complexity index is 696. The summed E-state index contributed by atoms with van der Waals surface area (Å²) in [6.07, 6.45) is 2.15. The summed E-state index contributed by atoms with van der Waals surface area (Å²) in [5.41, 5.74) is 0.216. The van der Waals surface area contributed by atoms with Gasteiger partial charge in [-0.2, -0.15) is 0 Å². The fraction of sp³-hybridized carbons (Fsp3) is 0.471. The van der Waals surface area contributed by atoms with Gasteiger partial charge in [-0.05, 0) is 44.0 Å². The Hall–Kier alpha value is -1.59. The van der Waals surface area contributed by atoms with Crippen LogP contribution in [0.25, 0.3) is 10.6 Å². The maximum absolute atomic E-state index is 12.7. The van der Waals surface area contributed by atoms with Crippen LogP contribution in [0.5, 0.6) is 0 Å². The molecule has 0 N–H and O–H groups in total. The van der Waals surface area contributed by atoms with Crippen molar-refractivity contribution in [2.24, 2.45) is 5.41 Å². The van der Waals surface area contributed by atoms with Gasteiger partial charge in [-0.1, -0.05) is 0 Å². The molecule has 2 aliphatic rings. The van der Waals surface area contributed by atoms with E-state index in [-0.39, 0.29) is 11.3 Å². The summed E-state index contributed by atoms with van der Waals surface area (Å²) in [6, 6.07) is 7.79. The lowest BCUT2D eigenvalue weighted by molar-refractivity contribution is 0.0770. The van der Waals surface area contributed by atoms with Crippen molar-refractivity contribution in [1.29, 1.82) is 0 Å². The maximum Gasteiger partial charge on any atom is 0.263 e. The number of amides is 1. The molecule has 0 aromatic carbocycles. The normalized spacial score (nSPS) is 24.5. The van der Waals surface area contributed by atoms with E-state index < -0.39 is 0 Å². The second-order valence-corrected chi connectivity index (χ2v) is 7.44. The number of hydrogen-bond acceptors (Lipinski definition) is 4. The quantitative estimate of drug-likeness (QED) is 0.850. The van der Waals surface area contributed by atoms with E-state index in [4.69, 9.17) is 9.15 Å². The number of carbonyl (C=O) groups is 1. The summed E-state index contributed by atoms with van der Waals surface area (Å²) in [5, 5.41) is 0. The molecule has 2 aromatic rings. The van der Waals surface area contributed by atoms with Crippen LogP contribution in [-0.2, 0) is 4.74 Å². The first-order valence-corrected chi connectivity index (χ1v) is 8.51. The highest BCUT2D eigenvalue weighted by atomic mass is 32.1. The average Bonchev–Trinajstić information content (AvgIpc) is 3.27. The minimum atomic E-state index is 0.142. The zero-order valence-corrected chi connectivity index (χ0v) is 13.4. The van der Waals surface area contributed by atoms with Crippen molar-refractivity contribution < 1.29 is 13.9 Å². The standard InChI is InChI=1S/C17H19NO3S/c1-12-2-3-13(21-12)14-4-5-15(22-14)16(19)18-8-6-17(10-18)7-9-20-11-17/h2-5H,6-11H2,1H3/t17-/m0/s1. The van der Waals surface area contributed by atoms with Crippen LogP contribution in [0.1, 0.15) is 28.3 Å². The predicted molar refractivity (Wildman–Crippen MR) is 85.1 cm³/mol. The molecule has 5 heteroatoms. The van der Waals surface area contributed by atoms with E-state index in [1.165, 1.54) is 11.3 Å². The van der Waals surface area contributed by atoms with Gasteiger partial charge in [0, 0.05) is 25.1 Å². The number of nitrogens with zero attached hydrogens (tertiary/aromatic N) is 1. The number of rotatable bonds is 2. The third kappa shape index (κ3) is 2.38. The van der Waals surface area contributed by atoms with E-state index in [0.717, 1.165) is 60.4 Å². The van der Waals surface area contributed by atoms with Crippen LogP contribution in [0.15, 0.2) is 28.7 Å². The molecule has 2 fully saturated rings. The molecule has 2 aliphatic heterocycles.